The minimum atomic E-state index is -0.00233. The van der Waals surface area contributed by atoms with Gasteiger partial charge in [-0.2, -0.15) is 0 Å². The maximum Gasteiger partial charge on any atom is 0.260 e. The van der Waals surface area contributed by atoms with Gasteiger partial charge in [0.15, 0.2) is 5.13 Å². The highest BCUT2D eigenvalue weighted by Gasteiger charge is 2.22. The highest BCUT2D eigenvalue weighted by molar-refractivity contribution is 7.14. The molecule has 0 unspecified atom stereocenters. The van der Waals surface area contributed by atoms with E-state index in [0.29, 0.717) is 6.54 Å². The van der Waals surface area contributed by atoms with Crippen molar-refractivity contribution in [3.63, 3.8) is 0 Å². The van der Waals surface area contributed by atoms with Crippen LogP contribution in [0.25, 0.3) is 11.3 Å². The summed E-state index contributed by atoms with van der Waals surface area (Å²) in [4.78, 5) is 22.0. The zero-order chi connectivity index (χ0) is 20.8. The fraction of sp³-hybridized carbons (Fsp3) is 0.304. The van der Waals surface area contributed by atoms with Crippen LogP contribution in [0.1, 0.15) is 22.3 Å². The topological polar surface area (TPSA) is 45.7 Å². The SMILES string of the molecule is COc1ccc(-c2csc(N(CCCN(C)C)C(=O)c3ccccc3C)n2)cc1.Cl. The van der Waals surface area contributed by atoms with Gasteiger partial charge < -0.3 is 9.64 Å². The number of aryl methyl sites for hydroxylation is 1. The second-order valence-electron chi connectivity index (χ2n) is 7.17. The van der Waals surface area contributed by atoms with Crippen molar-refractivity contribution in [1.82, 2.24) is 9.88 Å². The van der Waals surface area contributed by atoms with Crippen molar-refractivity contribution in [3.8, 4) is 17.0 Å². The zero-order valence-corrected chi connectivity index (χ0v) is 19.4. The van der Waals surface area contributed by atoms with Crippen LogP contribution in [-0.2, 0) is 0 Å². The minimum Gasteiger partial charge on any atom is -0.497 e. The number of methoxy groups -OCH3 is 1. The number of nitrogens with zero attached hydrogens (tertiary/aromatic N) is 3. The molecule has 2 aromatic carbocycles. The van der Waals surface area contributed by atoms with E-state index in [9.17, 15) is 4.79 Å². The number of thiazole rings is 1. The molecule has 1 heterocycles. The molecule has 0 radical (unpaired) electrons. The number of carbonyl (C=O) groups excluding carboxylic acids is 1. The van der Waals surface area contributed by atoms with E-state index in [1.807, 2.05) is 79.8 Å². The maximum atomic E-state index is 13.3. The Kier molecular flexibility index (Phi) is 8.84. The predicted molar refractivity (Wildman–Crippen MR) is 127 cm³/mol. The first-order chi connectivity index (χ1) is 14.0. The second-order valence-corrected chi connectivity index (χ2v) is 8.01. The van der Waals surface area contributed by atoms with E-state index in [1.165, 1.54) is 11.3 Å². The lowest BCUT2D eigenvalue weighted by molar-refractivity contribution is 0.0985. The van der Waals surface area contributed by atoms with Crippen LogP contribution in [0.4, 0.5) is 5.13 Å². The molecular formula is C23H28ClN3O2S. The summed E-state index contributed by atoms with van der Waals surface area (Å²) in [5, 5.41) is 2.73. The number of rotatable bonds is 8. The van der Waals surface area contributed by atoms with Crippen molar-refractivity contribution in [3.05, 3.63) is 65.0 Å². The highest BCUT2D eigenvalue weighted by atomic mass is 35.5. The molecule has 1 amide bonds. The number of carbonyl (C=O) groups is 1. The summed E-state index contributed by atoms with van der Waals surface area (Å²) in [5.74, 6) is 0.807. The largest absolute Gasteiger partial charge is 0.497 e. The van der Waals surface area contributed by atoms with Crippen LogP contribution in [0.3, 0.4) is 0 Å². The van der Waals surface area contributed by atoms with E-state index in [-0.39, 0.29) is 18.3 Å². The molecule has 5 nitrogen and oxygen atoms in total. The van der Waals surface area contributed by atoms with Gasteiger partial charge in [-0.1, -0.05) is 18.2 Å². The Labute approximate surface area is 188 Å². The van der Waals surface area contributed by atoms with Gasteiger partial charge in [-0.15, -0.1) is 23.7 Å². The summed E-state index contributed by atoms with van der Waals surface area (Å²) in [6, 6.07) is 15.5. The third kappa shape index (κ3) is 5.81. The van der Waals surface area contributed by atoms with Gasteiger partial charge in [0.05, 0.1) is 12.8 Å². The fourth-order valence-corrected chi connectivity index (χ4v) is 3.93. The van der Waals surface area contributed by atoms with Crippen molar-refractivity contribution in [1.29, 1.82) is 0 Å². The van der Waals surface area contributed by atoms with E-state index >= 15 is 0 Å². The Balaban J connectivity index is 0.00000320. The summed E-state index contributed by atoms with van der Waals surface area (Å²) in [6.07, 6.45) is 0.877. The Morgan fingerprint density at radius 3 is 2.40 bits per heavy atom. The fourth-order valence-electron chi connectivity index (χ4n) is 3.07. The van der Waals surface area contributed by atoms with Crippen LogP contribution < -0.4 is 9.64 Å². The van der Waals surface area contributed by atoms with Crippen molar-refractivity contribution in [2.24, 2.45) is 0 Å². The minimum absolute atomic E-state index is 0. The van der Waals surface area contributed by atoms with Crippen molar-refractivity contribution in [2.75, 3.05) is 39.2 Å². The summed E-state index contributed by atoms with van der Waals surface area (Å²) < 4.78 is 5.23. The number of aromatic nitrogens is 1. The first-order valence-electron chi connectivity index (χ1n) is 9.62. The molecule has 0 saturated heterocycles. The van der Waals surface area contributed by atoms with Gasteiger partial charge in [-0.05, 0) is 69.9 Å². The smallest absolute Gasteiger partial charge is 0.260 e. The van der Waals surface area contributed by atoms with E-state index in [4.69, 9.17) is 9.72 Å². The molecule has 0 spiro atoms. The first kappa shape index (κ1) is 23.9. The van der Waals surface area contributed by atoms with Gasteiger partial charge in [-0.25, -0.2) is 4.98 Å². The normalized spacial score (nSPS) is 10.6. The lowest BCUT2D eigenvalue weighted by atomic mass is 10.1. The third-order valence-electron chi connectivity index (χ3n) is 4.72. The van der Waals surface area contributed by atoms with Crippen LogP contribution in [0.2, 0.25) is 0 Å². The third-order valence-corrected chi connectivity index (χ3v) is 5.58. The molecule has 160 valence electrons. The Morgan fingerprint density at radius 1 is 1.07 bits per heavy atom. The summed E-state index contributed by atoms with van der Waals surface area (Å²) in [7, 11) is 5.73. The molecular weight excluding hydrogens is 418 g/mol. The van der Waals surface area contributed by atoms with E-state index in [1.54, 1.807) is 7.11 Å². The number of halogens is 1. The molecule has 0 saturated carbocycles. The molecule has 0 aliphatic carbocycles. The summed E-state index contributed by atoms with van der Waals surface area (Å²) in [6.45, 7) is 3.51. The van der Waals surface area contributed by atoms with Gasteiger partial charge >= 0.3 is 0 Å². The number of hydrogen-bond donors (Lipinski definition) is 0. The van der Waals surface area contributed by atoms with E-state index in [0.717, 1.165) is 46.2 Å². The maximum absolute atomic E-state index is 13.3. The number of anilines is 1. The van der Waals surface area contributed by atoms with Crippen LogP contribution in [0.15, 0.2) is 53.9 Å². The Morgan fingerprint density at radius 2 is 1.77 bits per heavy atom. The van der Waals surface area contributed by atoms with Crippen molar-refractivity contribution in [2.45, 2.75) is 13.3 Å². The molecule has 3 rings (SSSR count). The quantitative estimate of drug-likeness (QED) is 0.481. The van der Waals surface area contributed by atoms with Gasteiger partial charge in [0.1, 0.15) is 5.75 Å². The lowest BCUT2D eigenvalue weighted by Crippen LogP contribution is -2.33. The standard InChI is InChI=1S/C23H27N3O2S.ClH/c1-17-8-5-6-9-20(17)22(27)26(15-7-14-25(2)3)23-24-21(16-29-23)18-10-12-19(28-4)13-11-18;/h5-6,8-13,16H,7,14-15H2,1-4H3;1H. The van der Waals surface area contributed by atoms with Gasteiger partial charge in [0, 0.05) is 23.1 Å². The predicted octanol–water partition coefficient (Wildman–Crippen LogP) is 5.15. The van der Waals surface area contributed by atoms with E-state index in [2.05, 4.69) is 4.90 Å². The van der Waals surface area contributed by atoms with Crippen LogP contribution in [0, 0.1) is 6.92 Å². The lowest BCUT2D eigenvalue weighted by Gasteiger charge is -2.22. The summed E-state index contributed by atoms with van der Waals surface area (Å²) in [5.41, 5.74) is 3.56. The molecule has 0 fully saturated rings. The van der Waals surface area contributed by atoms with E-state index < -0.39 is 0 Å². The molecule has 0 aliphatic heterocycles. The number of hydrogen-bond acceptors (Lipinski definition) is 5. The molecule has 3 aromatic rings. The number of amides is 1. The van der Waals surface area contributed by atoms with Gasteiger partial charge in [-0.3, -0.25) is 9.69 Å². The average molecular weight is 446 g/mol. The molecule has 0 N–H and O–H groups in total. The van der Waals surface area contributed by atoms with Crippen LogP contribution >= 0.6 is 23.7 Å². The number of ether oxygens (including phenoxy) is 1. The molecule has 0 bridgehead atoms. The molecule has 1 aromatic heterocycles. The second kappa shape index (κ2) is 11.1. The molecule has 7 heteroatoms. The van der Waals surface area contributed by atoms with Crippen molar-refractivity contribution >= 4 is 34.8 Å². The molecule has 30 heavy (non-hydrogen) atoms. The molecule has 0 aliphatic rings. The van der Waals surface area contributed by atoms with Gasteiger partial charge in [0.25, 0.3) is 5.91 Å². The first-order valence-corrected chi connectivity index (χ1v) is 10.5. The van der Waals surface area contributed by atoms with Crippen LogP contribution in [0.5, 0.6) is 5.75 Å². The summed E-state index contributed by atoms with van der Waals surface area (Å²) >= 11 is 1.50. The Bertz CT molecular complexity index is 957. The monoisotopic (exact) mass is 445 g/mol. The zero-order valence-electron chi connectivity index (χ0n) is 17.8. The highest BCUT2D eigenvalue weighted by Crippen LogP contribution is 2.30. The number of benzene rings is 2. The van der Waals surface area contributed by atoms with Crippen molar-refractivity contribution < 1.29 is 9.53 Å². The average Bonchev–Trinajstić information content (AvgIpc) is 3.21. The molecule has 0 atom stereocenters. The van der Waals surface area contributed by atoms with Crippen LogP contribution in [-0.4, -0.2) is 50.1 Å². The van der Waals surface area contributed by atoms with Gasteiger partial charge in [0.2, 0.25) is 0 Å². The Hall–Kier alpha value is -2.41.